The van der Waals surface area contributed by atoms with Crippen molar-refractivity contribution in [3.05, 3.63) is 29.8 Å². The lowest BCUT2D eigenvalue weighted by atomic mass is 10.1. The van der Waals surface area contributed by atoms with Crippen molar-refractivity contribution in [2.24, 2.45) is 5.92 Å². The predicted molar refractivity (Wildman–Crippen MR) is 65.7 cm³/mol. The molecule has 0 bridgehead atoms. The molecule has 0 saturated carbocycles. The molecule has 0 amide bonds. The molecule has 1 aromatic rings. The maximum absolute atomic E-state index is 11.9. The van der Waals surface area contributed by atoms with Crippen LogP contribution in [0.1, 0.15) is 31.1 Å². The molecule has 1 rings (SSSR count). The van der Waals surface area contributed by atoms with Gasteiger partial charge in [-0.05, 0) is 25.0 Å². The number of benzene rings is 1. The molecular formula is C13H19NO2. The van der Waals surface area contributed by atoms with E-state index in [2.05, 4.69) is 5.32 Å². The van der Waals surface area contributed by atoms with Gasteiger partial charge in [-0.3, -0.25) is 0 Å². The number of para-hydroxylation sites is 1. The smallest absolute Gasteiger partial charge is 0.340 e. The van der Waals surface area contributed by atoms with E-state index in [1.165, 1.54) is 0 Å². The molecule has 0 heterocycles. The molecule has 0 aliphatic carbocycles. The number of ether oxygens (including phenoxy) is 1. The molecule has 1 aromatic carbocycles. The second kappa shape index (κ2) is 5.54. The van der Waals surface area contributed by atoms with Gasteiger partial charge in [-0.15, -0.1) is 0 Å². The van der Waals surface area contributed by atoms with Gasteiger partial charge in [0.05, 0.1) is 5.56 Å². The molecule has 0 radical (unpaired) electrons. The summed E-state index contributed by atoms with van der Waals surface area (Å²) in [5, 5.41) is 2.98. The van der Waals surface area contributed by atoms with Crippen molar-refractivity contribution in [2.45, 2.75) is 26.9 Å². The summed E-state index contributed by atoms with van der Waals surface area (Å²) in [5.41, 5.74) is 1.38. The topological polar surface area (TPSA) is 38.3 Å². The Hall–Kier alpha value is -1.51. The second-order valence-corrected chi connectivity index (χ2v) is 4.15. The maximum Gasteiger partial charge on any atom is 0.340 e. The first-order valence-corrected chi connectivity index (χ1v) is 5.54. The van der Waals surface area contributed by atoms with Crippen LogP contribution in [0.3, 0.4) is 0 Å². The summed E-state index contributed by atoms with van der Waals surface area (Å²) in [4.78, 5) is 11.9. The first-order chi connectivity index (χ1) is 7.56. The molecule has 88 valence electrons. The van der Waals surface area contributed by atoms with Crippen LogP contribution in [0.15, 0.2) is 24.3 Å². The third-order valence-corrected chi connectivity index (χ3v) is 2.65. The molecule has 0 aromatic heterocycles. The maximum atomic E-state index is 11.9. The van der Waals surface area contributed by atoms with Gasteiger partial charge in [-0.25, -0.2) is 4.79 Å². The monoisotopic (exact) mass is 221 g/mol. The van der Waals surface area contributed by atoms with Crippen LogP contribution in [0.4, 0.5) is 5.69 Å². The van der Waals surface area contributed by atoms with Gasteiger partial charge >= 0.3 is 5.97 Å². The number of hydrogen-bond acceptors (Lipinski definition) is 3. The minimum atomic E-state index is -0.272. The zero-order chi connectivity index (χ0) is 12.1. The highest BCUT2D eigenvalue weighted by Crippen LogP contribution is 2.17. The number of carbonyl (C=O) groups is 1. The lowest BCUT2D eigenvalue weighted by Gasteiger charge is -2.17. The lowest BCUT2D eigenvalue weighted by Crippen LogP contribution is -2.20. The Kier molecular flexibility index (Phi) is 4.35. The molecule has 3 heteroatoms. The Morgan fingerprint density at radius 3 is 2.44 bits per heavy atom. The molecule has 1 unspecified atom stereocenters. The Bertz CT molecular complexity index is 361. The summed E-state index contributed by atoms with van der Waals surface area (Å²) in [6, 6.07) is 7.34. The molecule has 1 atom stereocenters. The van der Waals surface area contributed by atoms with Gasteiger partial charge in [-0.1, -0.05) is 26.0 Å². The van der Waals surface area contributed by atoms with E-state index in [1.807, 2.05) is 39.0 Å². The van der Waals surface area contributed by atoms with E-state index >= 15 is 0 Å². The van der Waals surface area contributed by atoms with Crippen molar-refractivity contribution in [1.29, 1.82) is 0 Å². The van der Waals surface area contributed by atoms with Crippen molar-refractivity contribution < 1.29 is 9.53 Å². The fourth-order valence-electron chi connectivity index (χ4n) is 1.25. The van der Waals surface area contributed by atoms with Crippen LogP contribution in [0, 0.1) is 5.92 Å². The number of rotatable bonds is 4. The van der Waals surface area contributed by atoms with Crippen LogP contribution >= 0.6 is 0 Å². The van der Waals surface area contributed by atoms with E-state index in [0.29, 0.717) is 11.5 Å². The summed E-state index contributed by atoms with van der Waals surface area (Å²) in [6.07, 6.45) is -0.0718. The summed E-state index contributed by atoms with van der Waals surface area (Å²) in [6.45, 7) is 5.97. The van der Waals surface area contributed by atoms with Crippen molar-refractivity contribution in [3.63, 3.8) is 0 Å². The van der Waals surface area contributed by atoms with Gasteiger partial charge in [0.2, 0.25) is 0 Å². The van der Waals surface area contributed by atoms with E-state index in [4.69, 9.17) is 4.74 Å². The summed E-state index contributed by atoms with van der Waals surface area (Å²) >= 11 is 0. The largest absolute Gasteiger partial charge is 0.459 e. The van der Waals surface area contributed by atoms with Crippen LogP contribution in [-0.2, 0) is 4.74 Å². The molecular weight excluding hydrogens is 202 g/mol. The molecule has 3 nitrogen and oxygen atoms in total. The van der Waals surface area contributed by atoms with E-state index in [9.17, 15) is 4.79 Å². The van der Waals surface area contributed by atoms with Gasteiger partial charge in [0, 0.05) is 12.7 Å². The minimum absolute atomic E-state index is 0.0718. The zero-order valence-electron chi connectivity index (χ0n) is 10.3. The SMILES string of the molecule is CNc1ccccc1C(=O)OC(C)C(C)C. The standard InChI is InChI=1S/C13H19NO2/c1-9(2)10(3)16-13(15)11-7-5-6-8-12(11)14-4/h5-10,14H,1-4H3. The Balaban J connectivity index is 2.80. The van der Waals surface area contributed by atoms with E-state index in [-0.39, 0.29) is 12.1 Å². The predicted octanol–water partition coefficient (Wildman–Crippen LogP) is 2.93. The quantitative estimate of drug-likeness (QED) is 0.794. The number of hydrogen-bond donors (Lipinski definition) is 1. The van der Waals surface area contributed by atoms with Gasteiger partial charge in [0.25, 0.3) is 0 Å². The molecule has 0 spiro atoms. The van der Waals surface area contributed by atoms with Crippen molar-refractivity contribution in [2.75, 3.05) is 12.4 Å². The van der Waals surface area contributed by atoms with Crippen molar-refractivity contribution in [3.8, 4) is 0 Å². The summed E-state index contributed by atoms with van der Waals surface area (Å²) in [7, 11) is 1.79. The highest BCUT2D eigenvalue weighted by atomic mass is 16.5. The number of nitrogens with one attached hydrogen (secondary N) is 1. The van der Waals surface area contributed by atoms with Crippen LogP contribution in [0.5, 0.6) is 0 Å². The first kappa shape index (κ1) is 12.6. The van der Waals surface area contributed by atoms with E-state index in [1.54, 1.807) is 13.1 Å². The van der Waals surface area contributed by atoms with E-state index < -0.39 is 0 Å². The summed E-state index contributed by atoms with van der Waals surface area (Å²) in [5.74, 6) is 0.0526. The minimum Gasteiger partial charge on any atom is -0.459 e. The summed E-state index contributed by atoms with van der Waals surface area (Å²) < 4.78 is 5.36. The van der Waals surface area contributed by atoms with Gasteiger partial charge in [0.1, 0.15) is 6.10 Å². The van der Waals surface area contributed by atoms with E-state index in [0.717, 1.165) is 5.69 Å². The lowest BCUT2D eigenvalue weighted by molar-refractivity contribution is 0.0239. The van der Waals surface area contributed by atoms with Crippen LogP contribution in [0.25, 0.3) is 0 Å². The average Bonchev–Trinajstić information content (AvgIpc) is 2.28. The highest BCUT2D eigenvalue weighted by Gasteiger charge is 2.16. The van der Waals surface area contributed by atoms with Crippen molar-refractivity contribution in [1.82, 2.24) is 0 Å². The van der Waals surface area contributed by atoms with Crippen LogP contribution in [0.2, 0.25) is 0 Å². The molecule has 1 N–H and O–H groups in total. The van der Waals surface area contributed by atoms with Gasteiger partial charge in [0.15, 0.2) is 0 Å². The molecule has 0 fully saturated rings. The molecule has 16 heavy (non-hydrogen) atoms. The number of esters is 1. The molecule has 0 saturated heterocycles. The van der Waals surface area contributed by atoms with Gasteiger partial charge < -0.3 is 10.1 Å². The zero-order valence-corrected chi connectivity index (χ0v) is 10.3. The Morgan fingerprint density at radius 2 is 1.88 bits per heavy atom. The highest BCUT2D eigenvalue weighted by molar-refractivity contribution is 5.95. The molecule has 0 aliphatic rings. The average molecular weight is 221 g/mol. The number of carbonyl (C=O) groups excluding carboxylic acids is 1. The van der Waals surface area contributed by atoms with Crippen molar-refractivity contribution >= 4 is 11.7 Å². The van der Waals surface area contributed by atoms with Crippen LogP contribution in [-0.4, -0.2) is 19.1 Å². The Labute approximate surface area is 96.8 Å². The fourth-order valence-corrected chi connectivity index (χ4v) is 1.25. The molecule has 0 aliphatic heterocycles. The first-order valence-electron chi connectivity index (χ1n) is 5.54. The number of anilines is 1. The third kappa shape index (κ3) is 2.99. The second-order valence-electron chi connectivity index (χ2n) is 4.15. The Morgan fingerprint density at radius 1 is 1.25 bits per heavy atom. The third-order valence-electron chi connectivity index (χ3n) is 2.65. The fraction of sp³-hybridized carbons (Fsp3) is 0.462. The van der Waals surface area contributed by atoms with Gasteiger partial charge in [-0.2, -0.15) is 0 Å². The van der Waals surface area contributed by atoms with Crippen LogP contribution < -0.4 is 5.32 Å². The normalized spacial score (nSPS) is 12.3.